The Kier molecular flexibility index (Phi) is 5.31. The average Bonchev–Trinajstić information content (AvgIpc) is 2.26. The van der Waals surface area contributed by atoms with Crippen LogP contribution in [0.4, 0.5) is 0 Å². The molecule has 0 saturated heterocycles. The molecule has 0 saturated carbocycles. The van der Waals surface area contributed by atoms with Crippen LogP contribution < -0.4 is 0 Å². The maximum absolute atomic E-state index is 2.38. The van der Waals surface area contributed by atoms with Gasteiger partial charge in [0, 0.05) is 12.3 Å². The molecule has 1 aliphatic rings. The summed E-state index contributed by atoms with van der Waals surface area (Å²) in [5.41, 5.74) is 4.75. The molecule has 0 N–H and O–H groups in total. The van der Waals surface area contributed by atoms with Gasteiger partial charge in [-0.15, -0.1) is 0 Å². The van der Waals surface area contributed by atoms with Crippen molar-refractivity contribution < 1.29 is 0 Å². The van der Waals surface area contributed by atoms with E-state index in [9.17, 15) is 0 Å². The van der Waals surface area contributed by atoms with Crippen molar-refractivity contribution in [1.29, 1.82) is 0 Å². The molecule has 0 aliphatic heterocycles. The first-order valence-electron chi connectivity index (χ1n) is 6.83. The van der Waals surface area contributed by atoms with Crippen LogP contribution in [0.3, 0.4) is 0 Å². The highest BCUT2D eigenvalue weighted by Gasteiger charge is 2.21. The van der Waals surface area contributed by atoms with E-state index in [0.29, 0.717) is 5.92 Å². The van der Waals surface area contributed by atoms with Crippen molar-refractivity contribution in [2.45, 2.75) is 60.3 Å². The quantitative estimate of drug-likeness (QED) is 0.587. The van der Waals surface area contributed by atoms with Gasteiger partial charge in [-0.3, -0.25) is 0 Å². The Morgan fingerprint density at radius 2 is 1.94 bits per heavy atom. The third-order valence-corrected chi connectivity index (χ3v) is 3.98. The molecule has 0 aromatic heterocycles. The van der Waals surface area contributed by atoms with Crippen molar-refractivity contribution in [2.75, 3.05) is 0 Å². The molecule has 0 aromatic carbocycles. The first-order valence-corrected chi connectivity index (χ1v) is 6.83. The summed E-state index contributed by atoms with van der Waals surface area (Å²) in [6, 6.07) is 0. The fraction of sp³-hybridized carbons (Fsp3) is 0.688. The fourth-order valence-corrected chi connectivity index (χ4v) is 2.86. The zero-order valence-electron chi connectivity index (χ0n) is 11.6. The van der Waals surface area contributed by atoms with Crippen LogP contribution in [-0.4, -0.2) is 0 Å². The normalized spacial score (nSPS) is 23.3. The zero-order valence-corrected chi connectivity index (χ0v) is 11.6. The smallest absolute Gasteiger partial charge is 0.00856 e. The highest BCUT2D eigenvalue weighted by Crippen LogP contribution is 2.36. The van der Waals surface area contributed by atoms with Crippen molar-refractivity contribution in [3.8, 4) is 0 Å². The van der Waals surface area contributed by atoms with Crippen molar-refractivity contribution in [3.63, 3.8) is 0 Å². The zero-order chi connectivity index (χ0) is 12.1. The standard InChI is InChI=1S/C16H27/c1-6-8-9-12(3)16-11-10-13(4)15(7-2)14(16)5/h10-12,15H,6-9H2,1-5H3. The lowest BCUT2D eigenvalue weighted by molar-refractivity contribution is 0.553. The molecular weight excluding hydrogens is 192 g/mol. The van der Waals surface area contributed by atoms with Gasteiger partial charge < -0.3 is 0 Å². The lowest BCUT2D eigenvalue weighted by atomic mass is 9.77. The molecule has 0 bridgehead atoms. The van der Waals surface area contributed by atoms with Gasteiger partial charge in [-0.25, -0.2) is 0 Å². The lowest BCUT2D eigenvalue weighted by Gasteiger charge is -2.28. The number of rotatable bonds is 5. The van der Waals surface area contributed by atoms with Crippen molar-refractivity contribution >= 4 is 0 Å². The van der Waals surface area contributed by atoms with Crippen molar-refractivity contribution in [3.05, 3.63) is 29.2 Å². The van der Waals surface area contributed by atoms with E-state index in [4.69, 9.17) is 0 Å². The Labute approximate surface area is 102 Å². The summed E-state index contributed by atoms with van der Waals surface area (Å²) in [5.74, 6) is 1.43. The third-order valence-electron chi connectivity index (χ3n) is 3.98. The monoisotopic (exact) mass is 219 g/mol. The minimum absolute atomic E-state index is 0.698. The molecule has 1 rings (SSSR count). The number of unbranched alkanes of at least 4 members (excludes halogenated alkanes) is 1. The largest absolute Gasteiger partial charge is 0.0769 e. The first kappa shape index (κ1) is 13.5. The van der Waals surface area contributed by atoms with E-state index in [1.54, 1.807) is 11.1 Å². The summed E-state index contributed by atoms with van der Waals surface area (Å²) >= 11 is 0. The van der Waals surface area contributed by atoms with Gasteiger partial charge in [0.15, 0.2) is 0 Å². The van der Waals surface area contributed by atoms with Crippen LogP contribution in [0.25, 0.3) is 0 Å². The highest BCUT2D eigenvalue weighted by atomic mass is 14.3. The summed E-state index contributed by atoms with van der Waals surface area (Å²) in [7, 11) is 0. The fourth-order valence-electron chi connectivity index (χ4n) is 2.86. The van der Waals surface area contributed by atoms with Crippen LogP contribution in [0.2, 0.25) is 0 Å². The Bertz CT molecular complexity index is 280. The molecule has 0 aromatic rings. The second kappa shape index (κ2) is 6.27. The lowest BCUT2D eigenvalue weighted by Crippen LogP contribution is -2.14. The Balaban J connectivity index is 2.75. The Hall–Kier alpha value is -0.520. The van der Waals surface area contributed by atoms with Crippen LogP contribution in [0, 0.1) is 18.3 Å². The topological polar surface area (TPSA) is 0 Å². The third kappa shape index (κ3) is 2.99. The molecule has 16 heavy (non-hydrogen) atoms. The summed E-state index contributed by atoms with van der Waals surface area (Å²) in [4.78, 5) is 0. The van der Waals surface area contributed by atoms with Gasteiger partial charge in [0.1, 0.15) is 0 Å². The van der Waals surface area contributed by atoms with E-state index in [-0.39, 0.29) is 0 Å². The van der Waals surface area contributed by atoms with E-state index in [1.165, 1.54) is 31.3 Å². The molecule has 0 nitrogen and oxygen atoms in total. The van der Waals surface area contributed by atoms with E-state index in [1.807, 2.05) is 0 Å². The van der Waals surface area contributed by atoms with Gasteiger partial charge in [-0.1, -0.05) is 56.4 Å². The number of hydrogen-bond donors (Lipinski definition) is 0. The average molecular weight is 219 g/mol. The molecule has 0 amide bonds. The SMILES string of the molecule is CCCCC(C)C1=C(C)C(CC)C(C)=C[CH]1. The second-order valence-electron chi connectivity index (χ2n) is 5.22. The molecule has 1 aliphatic carbocycles. The van der Waals surface area contributed by atoms with E-state index < -0.39 is 0 Å². The molecule has 0 heteroatoms. The van der Waals surface area contributed by atoms with Crippen molar-refractivity contribution in [2.24, 2.45) is 11.8 Å². The maximum atomic E-state index is 2.38. The predicted molar refractivity (Wildman–Crippen MR) is 73.2 cm³/mol. The first-order chi connectivity index (χ1) is 7.61. The molecular formula is C16H27. The predicted octanol–water partition coefficient (Wildman–Crippen LogP) is 5.32. The minimum atomic E-state index is 0.698. The molecule has 0 spiro atoms. The van der Waals surface area contributed by atoms with Crippen molar-refractivity contribution in [1.82, 2.24) is 0 Å². The van der Waals surface area contributed by atoms with Crippen LogP contribution in [0.15, 0.2) is 22.8 Å². The van der Waals surface area contributed by atoms with Crippen LogP contribution in [-0.2, 0) is 0 Å². The Morgan fingerprint density at radius 3 is 2.50 bits per heavy atom. The summed E-state index contributed by atoms with van der Waals surface area (Å²) in [5, 5.41) is 0. The van der Waals surface area contributed by atoms with E-state index in [0.717, 1.165) is 5.92 Å². The van der Waals surface area contributed by atoms with Crippen LogP contribution in [0.1, 0.15) is 60.3 Å². The molecule has 0 fully saturated rings. The van der Waals surface area contributed by atoms with Crippen LogP contribution in [0.5, 0.6) is 0 Å². The van der Waals surface area contributed by atoms with Gasteiger partial charge in [-0.2, -0.15) is 0 Å². The molecule has 2 atom stereocenters. The Morgan fingerprint density at radius 1 is 1.25 bits per heavy atom. The van der Waals surface area contributed by atoms with Gasteiger partial charge >= 0.3 is 0 Å². The summed E-state index contributed by atoms with van der Waals surface area (Å²) in [6.45, 7) is 11.6. The van der Waals surface area contributed by atoms with Gasteiger partial charge in [0.05, 0.1) is 0 Å². The van der Waals surface area contributed by atoms with E-state index >= 15 is 0 Å². The van der Waals surface area contributed by atoms with Gasteiger partial charge in [0.2, 0.25) is 0 Å². The molecule has 1 radical (unpaired) electrons. The molecule has 0 heterocycles. The maximum Gasteiger partial charge on any atom is 0.00856 e. The summed E-state index contributed by atoms with van der Waals surface area (Å²) in [6.07, 6.45) is 9.93. The summed E-state index contributed by atoms with van der Waals surface area (Å²) < 4.78 is 0. The molecule has 2 unspecified atom stereocenters. The highest BCUT2D eigenvalue weighted by molar-refractivity contribution is 5.39. The minimum Gasteiger partial charge on any atom is -0.0769 e. The van der Waals surface area contributed by atoms with Crippen LogP contribution >= 0.6 is 0 Å². The molecule has 91 valence electrons. The second-order valence-corrected chi connectivity index (χ2v) is 5.22. The number of allylic oxidation sites excluding steroid dienone is 4. The van der Waals surface area contributed by atoms with Gasteiger partial charge in [-0.05, 0) is 32.6 Å². The van der Waals surface area contributed by atoms with E-state index in [2.05, 4.69) is 47.1 Å². The number of hydrogen-bond acceptors (Lipinski definition) is 0. The van der Waals surface area contributed by atoms with Gasteiger partial charge in [0.25, 0.3) is 0 Å².